The zero-order chi connectivity index (χ0) is 25.3. The number of hydroxylamine groups is 2. The second-order valence-electron chi connectivity index (χ2n) is 9.97. The lowest BCUT2D eigenvalue weighted by molar-refractivity contribution is -0.183. The molecule has 1 saturated heterocycles. The van der Waals surface area contributed by atoms with Gasteiger partial charge >= 0.3 is 12.1 Å². The summed E-state index contributed by atoms with van der Waals surface area (Å²) in [6, 6.07) is 8.04. The zero-order valence-corrected chi connectivity index (χ0v) is 19.2. The van der Waals surface area contributed by atoms with Crippen molar-refractivity contribution in [2.75, 3.05) is 0 Å². The van der Waals surface area contributed by atoms with Crippen LogP contribution in [0.3, 0.4) is 0 Å². The smallest absolute Gasteiger partial charge is 0.411 e. The van der Waals surface area contributed by atoms with Gasteiger partial charge in [0.05, 0.1) is 11.1 Å². The minimum absolute atomic E-state index is 0.0121. The molecule has 35 heavy (non-hydrogen) atoms. The van der Waals surface area contributed by atoms with Crippen LogP contribution in [0.25, 0.3) is 0 Å². The lowest BCUT2D eigenvalue weighted by Crippen LogP contribution is -2.56. The summed E-state index contributed by atoms with van der Waals surface area (Å²) in [4.78, 5) is 59.1. The molecule has 2 heterocycles. The van der Waals surface area contributed by atoms with E-state index in [9.17, 15) is 28.0 Å². The molecule has 8 nitrogen and oxygen atoms in total. The van der Waals surface area contributed by atoms with E-state index in [0.29, 0.717) is 17.6 Å². The number of carbonyl (C=O) groups excluding carboxylic acids is 4. The summed E-state index contributed by atoms with van der Waals surface area (Å²) in [6.07, 6.45) is -0.313. The average Bonchev–Trinajstić information content (AvgIpc) is 3.36. The Labute approximate surface area is 199 Å². The zero-order valence-electron chi connectivity index (χ0n) is 19.2. The topological polar surface area (TPSA) is 93.2 Å². The number of ether oxygens (including phenoxy) is 1. The van der Waals surface area contributed by atoms with Crippen LogP contribution in [0.5, 0.6) is 0 Å². The van der Waals surface area contributed by atoms with Crippen LogP contribution in [-0.2, 0) is 19.9 Å². The number of halogens is 2. The van der Waals surface area contributed by atoms with E-state index in [-0.39, 0.29) is 29.0 Å². The van der Waals surface area contributed by atoms with E-state index in [2.05, 4.69) is 0 Å². The Morgan fingerprint density at radius 1 is 1.00 bits per heavy atom. The number of fused-ring (bicyclic) bond motifs is 2. The second-order valence-corrected chi connectivity index (χ2v) is 9.97. The third-order valence-electron chi connectivity index (χ3n) is 6.38. The molecule has 10 heteroatoms. The van der Waals surface area contributed by atoms with Crippen LogP contribution in [0.15, 0.2) is 42.5 Å². The van der Waals surface area contributed by atoms with Gasteiger partial charge in [-0.2, -0.15) is 0 Å². The number of hydrogen-bond acceptors (Lipinski definition) is 6. The number of hydrogen-bond donors (Lipinski definition) is 0. The Bertz CT molecular complexity index is 1230. The molecule has 3 atom stereocenters. The van der Waals surface area contributed by atoms with Crippen LogP contribution in [-0.4, -0.2) is 45.5 Å². The number of rotatable bonds is 3. The molecule has 0 radical (unpaired) electrons. The van der Waals surface area contributed by atoms with Crippen molar-refractivity contribution in [1.82, 2.24) is 9.96 Å². The molecule has 0 N–H and O–H groups in total. The van der Waals surface area contributed by atoms with Crippen molar-refractivity contribution in [2.24, 2.45) is 5.92 Å². The molecule has 0 spiro atoms. The summed E-state index contributed by atoms with van der Waals surface area (Å²) < 4.78 is 34.1. The summed E-state index contributed by atoms with van der Waals surface area (Å²) in [7, 11) is 0. The summed E-state index contributed by atoms with van der Waals surface area (Å²) in [5.41, 5.74) is -3.00. The van der Waals surface area contributed by atoms with Gasteiger partial charge < -0.3 is 9.57 Å². The predicted octanol–water partition coefficient (Wildman–Crippen LogP) is 3.94. The average molecular weight is 484 g/mol. The standard InChI is InChI=1S/C25H22F2N2O6/c1-24(2,3)34-23(33)28-19-8-13(19)12-25(28,14-9-15(26)11-16(27)10-14)22(32)35-29-20(30)17-6-4-5-7-18(17)21(29)31/h4-7,9-11,13,19H,8,12H2,1-3H3. The normalized spacial score (nSPS) is 24.8. The number of likely N-dealkylation sites (tertiary alicyclic amines) is 1. The first-order chi connectivity index (χ1) is 16.4. The highest BCUT2D eigenvalue weighted by Crippen LogP contribution is 2.58. The van der Waals surface area contributed by atoms with Crippen molar-refractivity contribution in [3.05, 3.63) is 70.8 Å². The minimum atomic E-state index is -2.01. The summed E-state index contributed by atoms with van der Waals surface area (Å²) in [5, 5.41) is 0.321. The van der Waals surface area contributed by atoms with E-state index in [1.165, 1.54) is 12.1 Å². The van der Waals surface area contributed by atoms with Gasteiger partial charge in [-0.15, -0.1) is 0 Å². The maximum Gasteiger partial charge on any atom is 0.411 e. The largest absolute Gasteiger partial charge is 0.444 e. The van der Waals surface area contributed by atoms with E-state index in [4.69, 9.17) is 9.57 Å². The van der Waals surface area contributed by atoms with Crippen LogP contribution in [0.1, 0.15) is 59.9 Å². The third-order valence-corrected chi connectivity index (χ3v) is 6.38. The first-order valence-corrected chi connectivity index (χ1v) is 11.1. The molecule has 1 saturated carbocycles. The molecule has 2 aromatic carbocycles. The molecular weight excluding hydrogens is 462 g/mol. The van der Waals surface area contributed by atoms with Gasteiger partial charge in [-0.1, -0.05) is 17.2 Å². The maximum absolute atomic E-state index is 14.3. The number of carbonyl (C=O) groups is 4. The van der Waals surface area contributed by atoms with Gasteiger partial charge in [-0.05, 0) is 69.4 Å². The lowest BCUT2D eigenvalue weighted by Gasteiger charge is -2.39. The molecule has 182 valence electrons. The molecule has 2 fully saturated rings. The fraction of sp³-hybridized carbons (Fsp3) is 0.360. The summed E-state index contributed by atoms with van der Waals surface area (Å²) in [6.45, 7) is 4.93. The van der Waals surface area contributed by atoms with Crippen molar-refractivity contribution in [3.8, 4) is 0 Å². The number of amides is 3. The van der Waals surface area contributed by atoms with Crippen molar-refractivity contribution in [2.45, 2.75) is 50.8 Å². The SMILES string of the molecule is CC(C)(C)OC(=O)N1C2CC2CC1(C(=O)ON1C(=O)c2ccccc2C1=O)c1cc(F)cc(F)c1. The third kappa shape index (κ3) is 3.64. The molecule has 2 aromatic rings. The van der Waals surface area contributed by atoms with Gasteiger partial charge in [0, 0.05) is 12.1 Å². The van der Waals surface area contributed by atoms with E-state index in [0.717, 1.165) is 17.0 Å². The summed E-state index contributed by atoms with van der Waals surface area (Å²) >= 11 is 0. The molecule has 5 rings (SSSR count). The number of piperidine rings is 1. The highest BCUT2D eigenvalue weighted by molar-refractivity contribution is 6.21. The molecular formula is C25H22F2N2O6. The Morgan fingerprint density at radius 2 is 1.57 bits per heavy atom. The molecule has 3 aliphatic rings. The fourth-order valence-corrected chi connectivity index (χ4v) is 4.89. The molecule has 2 aliphatic heterocycles. The number of nitrogens with zero attached hydrogens (tertiary/aromatic N) is 2. The van der Waals surface area contributed by atoms with Gasteiger partial charge in [0.15, 0.2) is 5.54 Å². The lowest BCUT2D eigenvalue weighted by atomic mass is 9.85. The van der Waals surface area contributed by atoms with Crippen LogP contribution in [0.2, 0.25) is 0 Å². The van der Waals surface area contributed by atoms with Gasteiger partial charge in [-0.25, -0.2) is 18.4 Å². The van der Waals surface area contributed by atoms with Crippen LogP contribution >= 0.6 is 0 Å². The first-order valence-electron chi connectivity index (χ1n) is 11.1. The number of imide groups is 1. The molecule has 3 unspecified atom stereocenters. The van der Waals surface area contributed by atoms with Crippen molar-refractivity contribution >= 4 is 23.9 Å². The Balaban J connectivity index is 1.57. The van der Waals surface area contributed by atoms with Crippen LogP contribution in [0, 0.1) is 17.6 Å². The van der Waals surface area contributed by atoms with Gasteiger partial charge in [0.25, 0.3) is 11.8 Å². The molecule has 3 amide bonds. The second kappa shape index (κ2) is 7.59. The van der Waals surface area contributed by atoms with Gasteiger partial charge in [0.2, 0.25) is 0 Å². The van der Waals surface area contributed by atoms with Crippen molar-refractivity contribution in [3.63, 3.8) is 0 Å². The van der Waals surface area contributed by atoms with E-state index in [1.54, 1.807) is 32.9 Å². The Kier molecular flexibility index (Phi) is 4.98. The monoisotopic (exact) mass is 484 g/mol. The van der Waals surface area contributed by atoms with Crippen LogP contribution < -0.4 is 0 Å². The molecule has 0 bridgehead atoms. The number of benzene rings is 2. The predicted molar refractivity (Wildman–Crippen MR) is 116 cm³/mol. The van der Waals surface area contributed by atoms with Gasteiger partial charge in [0.1, 0.15) is 17.2 Å². The highest BCUT2D eigenvalue weighted by Gasteiger charge is 2.68. The van der Waals surface area contributed by atoms with E-state index >= 15 is 0 Å². The van der Waals surface area contributed by atoms with E-state index in [1.807, 2.05) is 0 Å². The van der Waals surface area contributed by atoms with Crippen molar-refractivity contribution in [1.29, 1.82) is 0 Å². The highest BCUT2D eigenvalue weighted by atomic mass is 19.1. The van der Waals surface area contributed by atoms with Gasteiger partial charge in [-0.3, -0.25) is 14.5 Å². The fourth-order valence-electron chi connectivity index (χ4n) is 4.89. The van der Waals surface area contributed by atoms with Crippen LogP contribution in [0.4, 0.5) is 13.6 Å². The molecule has 0 aromatic heterocycles. The van der Waals surface area contributed by atoms with E-state index < -0.39 is 52.7 Å². The quantitative estimate of drug-likeness (QED) is 0.613. The van der Waals surface area contributed by atoms with Crippen molar-refractivity contribution < 1.29 is 37.5 Å². The first kappa shape index (κ1) is 22.9. The summed E-state index contributed by atoms with van der Waals surface area (Å²) in [5.74, 6) is -4.97. The Morgan fingerprint density at radius 3 is 2.11 bits per heavy atom. The molecule has 1 aliphatic carbocycles. The minimum Gasteiger partial charge on any atom is -0.444 e. The maximum atomic E-state index is 14.3. The Hall–Kier alpha value is -3.82.